The molecular weight excluding hydrogens is 1050 g/mol. The monoisotopic (exact) mass is 1100 g/mol. The van der Waals surface area contributed by atoms with E-state index in [4.69, 9.17) is 64.1 Å². The number of aliphatic hydroxyl groups is 2. The molecule has 0 aliphatic carbocycles. The SMILES string of the molecule is Nc1nc2c(ncn2[C@@H]2O[C@@H]3COP(=O)(S)OC4[C@@H](O)[C@@H](COP(O)(=S)OC3[C@@H]2O)O[C@H]4n2cnc3c(NC(=O)CCOCCOCCOCCOCCNC(=O)CCN4C(=O)C=CC4=O)ncnc32)c(=O)[nH]1. The first kappa shape index (κ1) is 54.5. The Balaban J connectivity index is 0.768. The van der Waals surface area contributed by atoms with Crippen LogP contribution in [0.5, 0.6) is 0 Å². The van der Waals surface area contributed by atoms with Crippen molar-refractivity contribution in [1.29, 1.82) is 0 Å². The van der Waals surface area contributed by atoms with Crippen LogP contribution in [0.3, 0.4) is 0 Å². The van der Waals surface area contributed by atoms with Crippen LogP contribution in [-0.4, -0.2) is 198 Å². The van der Waals surface area contributed by atoms with Crippen molar-refractivity contribution in [2.75, 3.05) is 90.2 Å². The van der Waals surface area contributed by atoms with Gasteiger partial charge in [0.05, 0.1) is 85.1 Å². The van der Waals surface area contributed by atoms with Gasteiger partial charge in [-0.25, -0.2) is 24.5 Å². The van der Waals surface area contributed by atoms with E-state index in [0.29, 0.717) is 13.2 Å². The van der Waals surface area contributed by atoms with E-state index in [1.54, 1.807) is 0 Å². The lowest BCUT2D eigenvalue weighted by atomic mass is 10.1. The number of imide groups is 1. The van der Waals surface area contributed by atoms with E-state index in [1.165, 1.54) is 21.8 Å². The van der Waals surface area contributed by atoms with Gasteiger partial charge < -0.3 is 64.4 Å². The predicted molar refractivity (Wildman–Crippen MR) is 252 cm³/mol. The van der Waals surface area contributed by atoms with E-state index in [-0.39, 0.29) is 106 Å². The standard InChI is InChI=1S/C38H50N12O19P2S2/c39-38-46-34-27(35(57)47-38)44-19-50(34)36-29(56)30-21(67-36)16-65-71(59,73)69-31-28(55)20(15-64-70(58,72)68-30)66-37(31)49-18-43-26-32(41-17-42-33(26)49)45-23(52)4-7-60-9-11-62-13-14-63-12-10-61-8-5-40-22(51)3-6-48-24(53)1-2-25(48)54/h1-2,17-21,28-31,36-37,55-56H,3-16H2,(H,40,51)(H,58,72)(H,59,73)(H3,39,46,47,57)(H,41,42,45,52)/t20-,21-,28+,29+,30?,31?,36-,37-,70?,71?/m1/s1. The number of nitrogen functional groups attached to an aromatic ring is 1. The van der Waals surface area contributed by atoms with Crippen LogP contribution >= 0.6 is 25.8 Å². The second-order valence-corrected chi connectivity index (χ2v) is 21.8. The summed E-state index contributed by atoms with van der Waals surface area (Å²) in [5, 5.41) is 28.2. The number of fused-ring (bicyclic) bond motifs is 5. The molecule has 0 spiro atoms. The maximum absolute atomic E-state index is 13.9. The van der Waals surface area contributed by atoms with Crippen molar-refractivity contribution in [3.8, 4) is 0 Å². The smallest absolute Gasteiger partial charge is 0.386 e. The zero-order valence-electron chi connectivity index (χ0n) is 38.2. The molecule has 2 bridgehead atoms. The largest absolute Gasteiger partial charge is 0.387 e. The Bertz CT molecular complexity index is 2820. The van der Waals surface area contributed by atoms with Crippen LogP contribution in [0.15, 0.2) is 35.9 Å². The van der Waals surface area contributed by atoms with E-state index < -0.39 is 99.1 Å². The number of ether oxygens (including phenoxy) is 6. The summed E-state index contributed by atoms with van der Waals surface area (Å²) in [6, 6.07) is 0. The van der Waals surface area contributed by atoms with E-state index in [1.807, 2.05) is 0 Å². The molecule has 0 aromatic carbocycles. The van der Waals surface area contributed by atoms with E-state index in [9.17, 15) is 43.6 Å². The van der Waals surface area contributed by atoms with Crippen LogP contribution in [0, 0.1) is 0 Å². The summed E-state index contributed by atoms with van der Waals surface area (Å²) in [4.78, 5) is 95.8. The number of aromatic nitrogens is 8. The van der Waals surface area contributed by atoms with Crippen molar-refractivity contribution >= 4 is 95.3 Å². The van der Waals surface area contributed by atoms with Crippen LogP contribution in [0.4, 0.5) is 11.8 Å². The van der Waals surface area contributed by atoms with Crippen molar-refractivity contribution in [3.63, 3.8) is 0 Å². The van der Waals surface area contributed by atoms with Gasteiger partial charge in [0.2, 0.25) is 17.8 Å². The highest BCUT2D eigenvalue weighted by atomic mass is 32.7. The molecule has 4 aromatic rings. The van der Waals surface area contributed by atoms with Crippen LogP contribution < -0.4 is 21.9 Å². The van der Waals surface area contributed by atoms with Gasteiger partial charge >= 0.3 is 13.5 Å². The lowest BCUT2D eigenvalue weighted by Crippen LogP contribution is -2.36. The average molecular weight is 1100 g/mol. The van der Waals surface area contributed by atoms with Gasteiger partial charge in [0.25, 0.3) is 17.4 Å². The summed E-state index contributed by atoms with van der Waals surface area (Å²) in [5.41, 5.74) is 5.09. The zero-order valence-corrected chi connectivity index (χ0v) is 41.7. The molecule has 73 heavy (non-hydrogen) atoms. The lowest BCUT2D eigenvalue weighted by Gasteiger charge is -2.27. The third-order valence-electron chi connectivity index (χ3n) is 11.2. The summed E-state index contributed by atoms with van der Waals surface area (Å²) in [7, 11) is 0. The van der Waals surface area contributed by atoms with E-state index in [0.717, 1.165) is 23.4 Å². The first-order chi connectivity index (χ1) is 35.0. The van der Waals surface area contributed by atoms with Gasteiger partial charge in [-0.2, -0.15) is 4.98 Å². The third-order valence-corrected chi connectivity index (χ3v) is 14.3. The number of nitrogens with two attached hydrogens (primary N) is 1. The van der Waals surface area contributed by atoms with Crippen LogP contribution in [0.25, 0.3) is 22.3 Å². The molecule has 8 N–H and O–H groups in total. The fraction of sp³-hybridized carbons (Fsp3) is 0.579. The Labute approximate surface area is 422 Å². The van der Waals surface area contributed by atoms with Gasteiger partial charge in [-0.1, -0.05) is 12.2 Å². The van der Waals surface area contributed by atoms with Gasteiger partial charge in [0.1, 0.15) is 43.0 Å². The van der Waals surface area contributed by atoms with Gasteiger partial charge in [-0.15, -0.1) is 0 Å². The van der Waals surface area contributed by atoms with Gasteiger partial charge in [-0.3, -0.25) is 56.6 Å². The molecule has 8 rings (SSSR count). The minimum Gasteiger partial charge on any atom is -0.387 e. The fourth-order valence-corrected chi connectivity index (χ4v) is 10.6. The number of nitrogens with one attached hydrogen (secondary N) is 3. The molecule has 4 unspecified atom stereocenters. The Morgan fingerprint density at radius 3 is 2.14 bits per heavy atom. The number of hydrogen-bond acceptors (Lipinski definition) is 25. The molecule has 0 radical (unpaired) electrons. The number of H-pyrrole nitrogens is 1. The summed E-state index contributed by atoms with van der Waals surface area (Å²) in [6.45, 7) is -7.90. The van der Waals surface area contributed by atoms with Gasteiger partial charge in [0, 0.05) is 31.7 Å². The minimum atomic E-state index is -4.49. The highest BCUT2D eigenvalue weighted by Crippen LogP contribution is 2.58. The molecule has 10 atom stereocenters. The summed E-state index contributed by atoms with van der Waals surface area (Å²) < 4.78 is 73.2. The second kappa shape index (κ2) is 24.3. The molecule has 31 nitrogen and oxygen atoms in total. The van der Waals surface area contributed by atoms with Crippen molar-refractivity contribution in [2.24, 2.45) is 0 Å². The average Bonchev–Trinajstić information content (AvgIpc) is 4.17. The highest BCUT2D eigenvalue weighted by Gasteiger charge is 2.53. The maximum Gasteiger partial charge on any atom is 0.386 e. The number of rotatable bonds is 21. The molecule has 8 heterocycles. The van der Waals surface area contributed by atoms with E-state index >= 15 is 0 Å². The second-order valence-electron chi connectivity index (χ2n) is 16.1. The number of aliphatic hydroxyl groups excluding tert-OH is 2. The van der Waals surface area contributed by atoms with Crippen LogP contribution in [0.1, 0.15) is 25.3 Å². The first-order valence-electron chi connectivity index (χ1n) is 22.3. The lowest BCUT2D eigenvalue weighted by molar-refractivity contribution is -0.137. The molecule has 3 fully saturated rings. The minimum absolute atomic E-state index is 0.00465. The van der Waals surface area contributed by atoms with Crippen LogP contribution in [-0.2, 0) is 82.1 Å². The normalized spacial score (nSPS) is 28.6. The summed E-state index contributed by atoms with van der Waals surface area (Å²) in [6.07, 6.45) is -5.86. The molecule has 0 saturated carbocycles. The maximum atomic E-state index is 13.9. The van der Waals surface area contributed by atoms with Crippen molar-refractivity contribution in [1.82, 2.24) is 49.3 Å². The predicted octanol–water partition coefficient (Wildman–Crippen LogP) is -2.04. The zero-order chi connectivity index (χ0) is 51.9. The van der Waals surface area contributed by atoms with E-state index in [2.05, 4.69) is 52.8 Å². The molecule has 4 aliphatic heterocycles. The Hall–Kier alpha value is -4.77. The topological polar surface area (TPSA) is 399 Å². The number of amides is 4. The Morgan fingerprint density at radius 1 is 0.795 bits per heavy atom. The fourth-order valence-electron chi connectivity index (χ4n) is 7.71. The van der Waals surface area contributed by atoms with Crippen molar-refractivity contribution in [3.05, 3.63) is 41.5 Å². The molecule has 35 heteroatoms. The molecular formula is C38H50N12O19P2S2. The van der Waals surface area contributed by atoms with Crippen LogP contribution in [0.2, 0.25) is 0 Å². The number of thiol groups is 1. The van der Waals surface area contributed by atoms with Gasteiger partial charge in [-0.05, 0) is 11.8 Å². The molecule has 398 valence electrons. The van der Waals surface area contributed by atoms with Crippen molar-refractivity contribution in [2.45, 2.75) is 61.9 Å². The summed E-state index contributed by atoms with van der Waals surface area (Å²) >= 11 is 9.43. The quantitative estimate of drug-likeness (QED) is 0.0193. The number of aromatic amines is 1. The number of hydrogen-bond donors (Lipinski definition) is 8. The third kappa shape index (κ3) is 13.6. The number of carbonyl (C=O) groups excluding carboxylic acids is 4. The highest BCUT2D eigenvalue weighted by molar-refractivity contribution is 8.44. The number of imidazole rings is 2. The summed E-state index contributed by atoms with van der Waals surface area (Å²) in [5.74, 6) is -1.87. The van der Waals surface area contributed by atoms with Crippen molar-refractivity contribution < 1.29 is 85.4 Å². The molecule has 3 saturated heterocycles. The Morgan fingerprint density at radius 2 is 1.42 bits per heavy atom. The molecule has 4 amide bonds. The molecule has 4 aromatic heterocycles. The molecule has 4 aliphatic rings. The number of carbonyl (C=O) groups is 4. The number of anilines is 2. The first-order valence-corrected chi connectivity index (χ1v) is 27.6. The Kier molecular flexibility index (Phi) is 18.1. The number of nitrogens with zero attached hydrogens (tertiary/aromatic N) is 8. The van der Waals surface area contributed by atoms with Gasteiger partial charge in [0.15, 0.2) is 40.6 Å².